The van der Waals surface area contributed by atoms with Gasteiger partial charge in [0.2, 0.25) is 11.8 Å². The van der Waals surface area contributed by atoms with E-state index in [9.17, 15) is 9.59 Å². The summed E-state index contributed by atoms with van der Waals surface area (Å²) in [6.45, 7) is 1.94. The molecule has 0 spiro atoms. The van der Waals surface area contributed by atoms with Crippen molar-refractivity contribution >= 4 is 17.5 Å². The highest BCUT2D eigenvalue weighted by Gasteiger charge is 2.25. The van der Waals surface area contributed by atoms with Gasteiger partial charge >= 0.3 is 0 Å². The minimum absolute atomic E-state index is 0.0471. The van der Waals surface area contributed by atoms with Crippen molar-refractivity contribution in [3.63, 3.8) is 0 Å². The third-order valence-corrected chi connectivity index (χ3v) is 4.25. The molecule has 2 N–H and O–H groups in total. The number of hydrogen-bond acceptors (Lipinski definition) is 3. The van der Waals surface area contributed by atoms with Crippen molar-refractivity contribution in [3.05, 3.63) is 29.8 Å². The zero-order valence-electron chi connectivity index (χ0n) is 12.1. The molecule has 5 nitrogen and oxygen atoms in total. The predicted octanol–water partition coefficient (Wildman–Crippen LogP) is 1.15. The summed E-state index contributed by atoms with van der Waals surface area (Å²) in [6.07, 6.45) is 3.73. The Morgan fingerprint density at radius 2 is 2.05 bits per heavy atom. The molecule has 21 heavy (non-hydrogen) atoms. The van der Waals surface area contributed by atoms with Crippen molar-refractivity contribution < 1.29 is 9.59 Å². The molecule has 0 bridgehead atoms. The lowest BCUT2D eigenvalue weighted by Crippen LogP contribution is -2.45. The number of anilines is 1. The van der Waals surface area contributed by atoms with Gasteiger partial charge in [-0.15, -0.1) is 0 Å². The third-order valence-electron chi connectivity index (χ3n) is 4.25. The lowest BCUT2D eigenvalue weighted by Gasteiger charge is -2.19. The van der Waals surface area contributed by atoms with Crippen LogP contribution in [0.3, 0.4) is 0 Å². The summed E-state index contributed by atoms with van der Waals surface area (Å²) >= 11 is 0. The van der Waals surface area contributed by atoms with Crippen molar-refractivity contribution in [1.82, 2.24) is 10.2 Å². The first-order valence-electron chi connectivity index (χ1n) is 7.64. The van der Waals surface area contributed by atoms with E-state index in [1.165, 1.54) is 0 Å². The van der Waals surface area contributed by atoms with Gasteiger partial charge in [-0.25, -0.2) is 0 Å². The number of carbonyl (C=O) groups is 2. The second kappa shape index (κ2) is 6.26. The topological polar surface area (TPSA) is 61.4 Å². The zero-order chi connectivity index (χ0) is 14.7. The second-order valence-corrected chi connectivity index (χ2v) is 5.71. The van der Waals surface area contributed by atoms with E-state index in [0.29, 0.717) is 0 Å². The molecule has 0 saturated carbocycles. The van der Waals surface area contributed by atoms with Crippen LogP contribution < -0.4 is 10.6 Å². The van der Waals surface area contributed by atoms with Crippen molar-refractivity contribution in [1.29, 1.82) is 0 Å². The molecular formula is C16H21N3O2. The van der Waals surface area contributed by atoms with Crippen LogP contribution in [0.5, 0.6) is 0 Å². The van der Waals surface area contributed by atoms with Crippen LogP contribution in [-0.4, -0.2) is 42.4 Å². The van der Waals surface area contributed by atoms with Crippen molar-refractivity contribution in [2.45, 2.75) is 31.7 Å². The summed E-state index contributed by atoms with van der Waals surface area (Å²) in [5.74, 6) is 0.0521. The Morgan fingerprint density at radius 1 is 1.29 bits per heavy atom. The van der Waals surface area contributed by atoms with Gasteiger partial charge in [0.05, 0.1) is 12.6 Å². The number of amides is 2. The van der Waals surface area contributed by atoms with Gasteiger partial charge in [0.15, 0.2) is 0 Å². The Morgan fingerprint density at radius 3 is 2.86 bits per heavy atom. The number of rotatable bonds is 3. The Kier molecular flexibility index (Phi) is 4.20. The fourth-order valence-electron chi connectivity index (χ4n) is 2.99. The molecule has 1 unspecified atom stereocenters. The highest BCUT2D eigenvalue weighted by molar-refractivity contribution is 5.96. The van der Waals surface area contributed by atoms with Gasteiger partial charge in [0.1, 0.15) is 0 Å². The molecule has 2 aliphatic rings. The molecule has 2 aliphatic heterocycles. The number of benzene rings is 1. The zero-order valence-corrected chi connectivity index (χ0v) is 12.1. The number of carbonyl (C=O) groups excluding carboxylic acids is 2. The molecule has 0 aromatic heterocycles. The molecule has 1 saturated heterocycles. The summed E-state index contributed by atoms with van der Waals surface area (Å²) in [4.78, 5) is 26.1. The number of para-hydroxylation sites is 1. The smallest absolute Gasteiger partial charge is 0.241 e. The fourth-order valence-corrected chi connectivity index (χ4v) is 2.99. The first-order valence-corrected chi connectivity index (χ1v) is 7.64. The van der Waals surface area contributed by atoms with Crippen molar-refractivity contribution in [3.8, 4) is 0 Å². The summed E-state index contributed by atoms with van der Waals surface area (Å²) < 4.78 is 0. The van der Waals surface area contributed by atoms with Crippen LogP contribution in [0, 0.1) is 0 Å². The maximum absolute atomic E-state index is 12.2. The summed E-state index contributed by atoms with van der Waals surface area (Å²) in [6, 6.07) is 7.56. The molecule has 1 aromatic rings. The number of nitrogens with one attached hydrogen (secondary N) is 2. The molecule has 5 heteroatoms. The van der Waals surface area contributed by atoms with Crippen LogP contribution >= 0.6 is 0 Å². The second-order valence-electron chi connectivity index (χ2n) is 5.71. The number of fused-ring (bicyclic) bond motifs is 1. The van der Waals surface area contributed by atoms with E-state index in [-0.39, 0.29) is 24.4 Å². The Hall–Kier alpha value is -1.88. The molecule has 0 radical (unpaired) electrons. The standard InChI is InChI=1S/C16H21N3O2/c20-15(19-9-3-4-10-19)11-17-14-8-7-12-5-1-2-6-13(12)18-16(14)21/h1-2,5-6,14,17H,3-4,7-11H2,(H,18,21). The minimum atomic E-state index is -0.302. The molecule has 112 valence electrons. The van der Waals surface area contributed by atoms with Crippen LogP contribution in [0.25, 0.3) is 0 Å². The van der Waals surface area contributed by atoms with E-state index in [2.05, 4.69) is 10.6 Å². The van der Waals surface area contributed by atoms with Crippen LogP contribution in [-0.2, 0) is 16.0 Å². The first kappa shape index (κ1) is 14.1. The van der Waals surface area contributed by atoms with Gasteiger partial charge in [0.25, 0.3) is 0 Å². The Bertz CT molecular complexity index is 538. The predicted molar refractivity (Wildman–Crippen MR) is 81.0 cm³/mol. The summed E-state index contributed by atoms with van der Waals surface area (Å²) in [5.41, 5.74) is 2.04. The average Bonchev–Trinajstić information content (AvgIpc) is 2.97. The Labute approximate surface area is 124 Å². The largest absolute Gasteiger partial charge is 0.342 e. The number of likely N-dealkylation sites (tertiary alicyclic amines) is 1. The fraction of sp³-hybridized carbons (Fsp3) is 0.500. The van der Waals surface area contributed by atoms with E-state index in [1.807, 2.05) is 29.2 Å². The molecule has 3 rings (SSSR count). The summed E-state index contributed by atoms with van der Waals surface area (Å²) in [7, 11) is 0. The maximum Gasteiger partial charge on any atom is 0.241 e. The molecule has 1 fully saturated rings. The van der Waals surface area contributed by atoms with Gasteiger partial charge < -0.3 is 10.2 Å². The lowest BCUT2D eigenvalue weighted by molar-refractivity contribution is -0.129. The molecular weight excluding hydrogens is 266 g/mol. The molecule has 1 aromatic carbocycles. The molecule has 1 atom stereocenters. The number of hydrogen-bond donors (Lipinski definition) is 2. The third kappa shape index (κ3) is 3.24. The lowest BCUT2D eigenvalue weighted by atomic mass is 10.1. The number of aryl methyl sites for hydroxylation is 1. The maximum atomic E-state index is 12.2. The highest BCUT2D eigenvalue weighted by Crippen LogP contribution is 2.21. The van der Waals surface area contributed by atoms with Gasteiger partial charge in [-0.2, -0.15) is 0 Å². The van der Waals surface area contributed by atoms with Gasteiger partial charge in [-0.05, 0) is 37.3 Å². The minimum Gasteiger partial charge on any atom is -0.342 e. The molecule has 2 amide bonds. The van der Waals surface area contributed by atoms with Crippen LogP contribution in [0.15, 0.2) is 24.3 Å². The number of nitrogens with zero attached hydrogens (tertiary/aromatic N) is 1. The molecule has 0 aliphatic carbocycles. The van der Waals surface area contributed by atoms with E-state index < -0.39 is 0 Å². The van der Waals surface area contributed by atoms with Gasteiger partial charge in [0, 0.05) is 18.8 Å². The van der Waals surface area contributed by atoms with Crippen molar-refractivity contribution in [2.75, 3.05) is 25.0 Å². The first-order chi connectivity index (χ1) is 10.2. The van der Waals surface area contributed by atoms with Crippen LogP contribution in [0.2, 0.25) is 0 Å². The van der Waals surface area contributed by atoms with Crippen molar-refractivity contribution in [2.24, 2.45) is 0 Å². The van der Waals surface area contributed by atoms with Gasteiger partial charge in [-0.3, -0.25) is 14.9 Å². The normalized spacial score (nSPS) is 21.6. The molecule has 2 heterocycles. The monoisotopic (exact) mass is 287 g/mol. The van der Waals surface area contributed by atoms with Gasteiger partial charge in [-0.1, -0.05) is 18.2 Å². The van der Waals surface area contributed by atoms with E-state index in [1.54, 1.807) is 0 Å². The van der Waals surface area contributed by atoms with E-state index in [4.69, 9.17) is 0 Å². The van der Waals surface area contributed by atoms with E-state index in [0.717, 1.165) is 50.0 Å². The highest BCUT2D eigenvalue weighted by atomic mass is 16.2. The van der Waals surface area contributed by atoms with E-state index >= 15 is 0 Å². The SMILES string of the molecule is O=C1Nc2ccccc2CCC1NCC(=O)N1CCCC1. The summed E-state index contributed by atoms with van der Waals surface area (Å²) in [5, 5.41) is 6.06. The quantitative estimate of drug-likeness (QED) is 0.877. The average molecular weight is 287 g/mol. The van der Waals surface area contributed by atoms with Crippen LogP contribution in [0.1, 0.15) is 24.8 Å². The van der Waals surface area contributed by atoms with Crippen LogP contribution in [0.4, 0.5) is 5.69 Å². The Balaban J connectivity index is 1.57.